The van der Waals surface area contributed by atoms with Crippen LogP contribution in [-0.2, 0) is 9.47 Å². The van der Waals surface area contributed by atoms with Gasteiger partial charge in [-0.1, -0.05) is 30.3 Å². The number of amides is 1. The first kappa shape index (κ1) is 18.5. The molecule has 5 nitrogen and oxygen atoms in total. The molecule has 124 valence electrons. The topological polar surface area (TPSA) is 59.6 Å². The molecule has 0 bridgehead atoms. The second-order valence-electron chi connectivity index (χ2n) is 6.37. The Bertz CT molecular complexity index is 443. The molecule has 5 heteroatoms. The lowest BCUT2D eigenvalue weighted by molar-refractivity contribution is 0.0521. The molecule has 2 unspecified atom stereocenters. The van der Waals surface area contributed by atoms with E-state index in [0.717, 1.165) is 5.56 Å². The Labute approximate surface area is 133 Å². The normalized spacial score (nSPS) is 14.2. The van der Waals surface area contributed by atoms with Crippen LogP contribution in [0.3, 0.4) is 0 Å². The number of carbonyl (C=O) groups is 1. The Balaban J connectivity index is 2.47. The molecule has 0 aliphatic carbocycles. The summed E-state index contributed by atoms with van der Waals surface area (Å²) >= 11 is 0. The van der Waals surface area contributed by atoms with Gasteiger partial charge in [-0.3, -0.25) is 0 Å². The fourth-order valence-electron chi connectivity index (χ4n) is 2.05. The van der Waals surface area contributed by atoms with Crippen molar-refractivity contribution in [1.82, 2.24) is 10.6 Å². The van der Waals surface area contributed by atoms with E-state index in [9.17, 15) is 4.79 Å². The number of ether oxygens (including phenoxy) is 2. The zero-order valence-electron chi connectivity index (χ0n) is 14.2. The number of methoxy groups -OCH3 is 1. The Morgan fingerprint density at radius 2 is 1.86 bits per heavy atom. The van der Waals surface area contributed by atoms with Crippen LogP contribution in [0, 0.1) is 0 Å². The van der Waals surface area contributed by atoms with E-state index in [1.54, 1.807) is 7.11 Å². The monoisotopic (exact) mass is 308 g/mol. The fourth-order valence-corrected chi connectivity index (χ4v) is 2.05. The van der Waals surface area contributed by atoms with Crippen molar-refractivity contribution in [2.24, 2.45) is 0 Å². The molecular weight excluding hydrogens is 280 g/mol. The number of hydrogen-bond acceptors (Lipinski definition) is 4. The minimum Gasteiger partial charge on any atom is -0.444 e. The molecule has 2 N–H and O–H groups in total. The molecule has 0 fully saturated rings. The molecule has 0 saturated heterocycles. The molecule has 0 aliphatic heterocycles. The van der Waals surface area contributed by atoms with Crippen LogP contribution in [0.25, 0.3) is 0 Å². The van der Waals surface area contributed by atoms with Crippen LogP contribution in [0.2, 0.25) is 0 Å². The molecule has 0 radical (unpaired) electrons. The summed E-state index contributed by atoms with van der Waals surface area (Å²) in [6.07, 6.45) is -0.399. The van der Waals surface area contributed by atoms with Crippen LogP contribution in [0.15, 0.2) is 30.3 Å². The van der Waals surface area contributed by atoms with Crippen molar-refractivity contribution in [1.29, 1.82) is 0 Å². The van der Waals surface area contributed by atoms with Crippen molar-refractivity contribution in [2.45, 2.75) is 45.4 Å². The second-order valence-corrected chi connectivity index (χ2v) is 6.37. The highest BCUT2D eigenvalue weighted by Crippen LogP contribution is 2.13. The van der Waals surface area contributed by atoms with Crippen molar-refractivity contribution < 1.29 is 14.3 Å². The Hall–Kier alpha value is -1.59. The highest BCUT2D eigenvalue weighted by Gasteiger charge is 2.18. The molecule has 1 aromatic rings. The van der Waals surface area contributed by atoms with E-state index in [2.05, 4.69) is 22.8 Å². The summed E-state index contributed by atoms with van der Waals surface area (Å²) in [7, 11) is 1.68. The van der Waals surface area contributed by atoms with E-state index in [1.165, 1.54) is 0 Å². The molecule has 1 rings (SSSR count). The van der Waals surface area contributed by atoms with Gasteiger partial charge in [0.1, 0.15) is 5.60 Å². The van der Waals surface area contributed by atoms with Gasteiger partial charge in [0.25, 0.3) is 0 Å². The zero-order valence-corrected chi connectivity index (χ0v) is 14.2. The van der Waals surface area contributed by atoms with Gasteiger partial charge in [0.2, 0.25) is 0 Å². The number of nitrogens with one attached hydrogen (secondary N) is 2. The lowest BCUT2D eigenvalue weighted by Crippen LogP contribution is -2.43. The predicted octanol–water partition coefficient (Wildman–Crippen LogP) is 2.88. The van der Waals surface area contributed by atoms with Crippen molar-refractivity contribution >= 4 is 6.09 Å². The van der Waals surface area contributed by atoms with E-state index >= 15 is 0 Å². The standard InChI is InChI=1S/C17H28N2O3/c1-13(11-18-16(20)22-17(2,3)4)19-15(12-21-5)14-9-7-6-8-10-14/h6-10,13,15,19H,11-12H2,1-5H3,(H,18,20). The molecule has 1 amide bonds. The minimum atomic E-state index is -0.483. The maximum atomic E-state index is 11.7. The zero-order chi connectivity index (χ0) is 16.6. The van der Waals surface area contributed by atoms with Gasteiger partial charge in [0.15, 0.2) is 0 Å². The van der Waals surface area contributed by atoms with E-state index in [0.29, 0.717) is 13.2 Å². The first-order valence-electron chi connectivity index (χ1n) is 7.58. The molecule has 2 atom stereocenters. The maximum Gasteiger partial charge on any atom is 0.407 e. The smallest absolute Gasteiger partial charge is 0.407 e. The van der Waals surface area contributed by atoms with Gasteiger partial charge < -0.3 is 20.1 Å². The summed E-state index contributed by atoms with van der Waals surface area (Å²) in [6.45, 7) is 8.61. The van der Waals surface area contributed by atoms with Crippen molar-refractivity contribution in [3.8, 4) is 0 Å². The average Bonchev–Trinajstić information content (AvgIpc) is 2.44. The SMILES string of the molecule is COCC(NC(C)CNC(=O)OC(C)(C)C)c1ccccc1. The van der Waals surface area contributed by atoms with Gasteiger partial charge in [-0.05, 0) is 33.3 Å². The summed E-state index contributed by atoms with van der Waals surface area (Å²) in [5.74, 6) is 0. The van der Waals surface area contributed by atoms with Crippen LogP contribution in [0.1, 0.15) is 39.3 Å². The maximum absolute atomic E-state index is 11.7. The average molecular weight is 308 g/mol. The molecule has 1 aromatic carbocycles. The van der Waals surface area contributed by atoms with Gasteiger partial charge >= 0.3 is 6.09 Å². The van der Waals surface area contributed by atoms with Gasteiger partial charge in [-0.25, -0.2) is 4.79 Å². The van der Waals surface area contributed by atoms with Crippen LogP contribution in [0.4, 0.5) is 4.79 Å². The minimum absolute atomic E-state index is 0.0848. The Kier molecular flexibility index (Phi) is 7.35. The number of hydrogen-bond donors (Lipinski definition) is 2. The molecule has 0 spiro atoms. The number of carbonyl (C=O) groups excluding carboxylic acids is 1. The number of alkyl carbamates (subject to hydrolysis) is 1. The van der Waals surface area contributed by atoms with Crippen LogP contribution < -0.4 is 10.6 Å². The van der Waals surface area contributed by atoms with Crippen molar-refractivity contribution in [3.05, 3.63) is 35.9 Å². The van der Waals surface area contributed by atoms with Gasteiger partial charge in [-0.15, -0.1) is 0 Å². The molecule has 0 heterocycles. The first-order valence-corrected chi connectivity index (χ1v) is 7.58. The fraction of sp³-hybridized carbons (Fsp3) is 0.588. The van der Waals surface area contributed by atoms with Crippen LogP contribution in [0.5, 0.6) is 0 Å². The Morgan fingerprint density at radius 3 is 2.41 bits per heavy atom. The van der Waals surface area contributed by atoms with Gasteiger partial charge in [-0.2, -0.15) is 0 Å². The summed E-state index contributed by atoms with van der Waals surface area (Å²) in [4.78, 5) is 11.7. The summed E-state index contributed by atoms with van der Waals surface area (Å²) in [5.41, 5.74) is 0.678. The highest BCUT2D eigenvalue weighted by atomic mass is 16.6. The quantitative estimate of drug-likeness (QED) is 0.813. The summed E-state index contributed by atoms with van der Waals surface area (Å²) in [6, 6.07) is 10.3. The predicted molar refractivity (Wildman–Crippen MR) is 87.9 cm³/mol. The number of benzene rings is 1. The lowest BCUT2D eigenvalue weighted by atomic mass is 10.1. The largest absolute Gasteiger partial charge is 0.444 e. The lowest BCUT2D eigenvalue weighted by Gasteiger charge is -2.24. The van der Waals surface area contributed by atoms with Crippen molar-refractivity contribution in [3.63, 3.8) is 0 Å². The van der Waals surface area contributed by atoms with E-state index in [-0.39, 0.29) is 12.1 Å². The molecule has 22 heavy (non-hydrogen) atoms. The van der Waals surface area contributed by atoms with Gasteiger partial charge in [0, 0.05) is 19.7 Å². The third-order valence-corrected chi connectivity index (χ3v) is 2.97. The molecule has 0 aromatic heterocycles. The molecule has 0 aliphatic rings. The summed E-state index contributed by atoms with van der Waals surface area (Å²) in [5, 5.41) is 6.23. The Morgan fingerprint density at radius 1 is 1.23 bits per heavy atom. The highest BCUT2D eigenvalue weighted by molar-refractivity contribution is 5.67. The van der Waals surface area contributed by atoms with E-state index in [1.807, 2.05) is 45.9 Å². The third-order valence-electron chi connectivity index (χ3n) is 2.97. The van der Waals surface area contributed by atoms with Crippen LogP contribution in [-0.4, -0.2) is 38.0 Å². The van der Waals surface area contributed by atoms with E-state index < -0.39 is 11.7 Å². The summed E-state index contributed by atoms with van der Waals surface area (Å²) < 4.78 is 10.5. The first-order chi connectivity index (χ1) is 10.3. The molecular formula is C17H28N2O3. The molecule has 0 saturated carbocycles. The third kappa shape index (κ3) is 7.43. The van der Waals surface area contributed by atoms with E-state index in [4.69, 9.17) is 9.47 Å². The van der Waals surface area contributed by atoms with Crippen molar-refractivity contribution in [2.75, 3.05) is 20.3 Å². The van der Waals surface area contributed by atoms with Crippen LogP contribution >= 0.6 is 0 Å². The number of rotatable bonds is 7. The second kappa shape index (κ2) is 8.76. The van der Waals surface area contributed by atoms with Gasteiger partial charge in [0.05, 0.1) is 12.6 Å².